The highest BCUT2D eigenvalue weighted by Crippen LogP contribution is 2.33. The standard InChI is InChI=1S/C20H20N4O4S/c1-27-15-8-3-2-6-13(15)18-22-20(28-23-18)14-7-4-10-24(14)17(25)12-21-19(26)16-9-5-11-29-16/h2-3,5-6,8-9,11,14H,4,7,10,12H2,1H3,(H,21,26)/t14-/m1/s1. The van der Waals surface area contributed by atoms with E-state index in [2.05, 4.69) is 15.5 Å². The number of carbonyl (C=O) groups excluding carboxylic acids is 2. The normalized spacial score (nSPS) is 16.0. The zero-order chi connectivity index (χ0) is 20.2. The maximum absolute atomic E-state index is 12.7. The Labute approximate surface area is 171 Å². The van der Waals surface area contributed by atoms with Crippen LogP contribution in [0.5, 0.6) is 5.75 Å². The molecule has 0 aliphatic carbocycles. The lowest BCUT2D eigenvalue weighted by Gasteiger charge is -2.21. The molecule has 1 aliphatic heterocycles. The first kappa shape index (κ1) is 19.1. The molecule has 8 nitrogen and oxygen atoms in total. The fourth-order valence-corrected chi connectivity index (χ4v) is 4.02. The second kappa shape index (κ2) is 8.44. The molecule has 1 atom stereocenters. The van der Waals surface area contributed by atoms with Crippen molar-refractivity contribution in [3.8, 4) is 17.1 Å². The Morgan fingerprint density at radius 3 is 2.97 bits per heavy atom. The van der Waals surface area contributed by atoms with Crippen LogP contribution in [0.4, 0.5) is 0 Å². The van der Waals surface area contributed by atoms with Crippen molar-refractivity contribution in [3.63, 3.8) is 0 Å². The fourth-order valence-electron chi connectivity index (χ4n) is 3.38. The van der Waals surface area contributed by atoms with Crippen LogP contribution >= 0.6 is 11.3 Å². The molecule has 0 unspecified atom stereocenters. The van der Waals surface area contributed by atoms with Crippen LogP contribution < -0.4 is 10.1 Å². The number of nitrogens with one attached hydrogen (secondary N) is 1. The van der Waals surface area contributed by atoms with Crippen molar-refractivity contribution in [3.05, 3.63) is 52.5 Å². The van der Waals surface area contributed by atoms with Crippen LogP contribution in [0, 0.1) is 0 Å². The number of likely N-dealkylation sites (tertiary alicyclic amines) is 1. The van der Waals surface area contributed by atoms with Gasteiger partial charge in [-0.15, -0.1) is 11.3 Å². The maximum atomic E-state index is 12.7. The number of methoxy groups -OCH3 is 1. The highest BCUT2D eigenvalue weighted by atomic mass is 32.1. The van der Waals surface area contributed by atoms with Crippen molar-refractivity contribution in [1.82, 2.24) is 20.4 Å². The first-order chi connectivity index (χ1) is 14.2. The van der Waals surface area contributed by atoms with E-state index < -0.39 is 0 Å². The molecule has 150 valence electrons. The number of thiophene rings is 1. The van der Waals surface area contributed by atoms with E-state index in [1.165, 1.54) is 11.3 Å². The van der Waals surface area contributed by atoms with Gasteiger partial charge in [0.2, 0.25) is 17.6 Å². The Balaban J connectivity index is 1.45. The summed E-state index contributed by atoms with van der Waals surface area (Å²) in [7, 11) is 1.59. The minimum atomic E-state index is -0.294. The number of para-hydroxylation sites is 1. The van der Waals surface area contributed by atoms with Gasteiger partial charge in [-0.05, 0) is 36.4 Å². The lowest BCUT2D eigenvalue weighted by Crippen LogP contribution is -2.39. The Bertz CT molecular complexity index is 1000. The van der Waals surface area contributed by atoms with Crippen LogP contribution in [0.1, 0.15) is 34.4 Å². The van der Waals surface area contributed by atoms with E-state index in [0.29, 0.717) is 28.9 Å². The summed E-state index contributed by atoms with van der Waals surface area (Å²) in [5.74, 6) is 1.04. The van der Waals surface area contributed by atoms with E-state index in [-0.39, 0.29) is 24.4 Å². The van der Waals surface area contributed by atoms with Crippen LogP contribution in [0.3, 0.4) is 0 Å². The first-order valence-electron chi connectivity index (χ1n) is 9.25. The molecule has 9 heteroatoms. The zero-order valence-electron chi connectivity index (χ0n) is 15.8. The first-order valence-corrected chi connectivity index (χ1v) is 10.1. The predicted octanol–water partition coefficient (Wildman–Crippen LogP) is 2.90. The number of ether oxygens (including phenoxy) is 1. The topological polar surface area (TPSA) is 97.6 Å². The highest BCUT2D eigenvalue weighted by Gasteiger charge is 2.34. The smallest absolute Gasteiger partial charge is 0.261 e. The summed E-state index contributed by atoms with van der Waals surface area (Å²) in [6.45, 7) is 0.519. The third kappa shape index (κ3) is 4.00. The monoisotopic (exact) mass is 412 g/mol. The van der Waals surface area contributed by atoms with Crippen LogP contribution in [0.2, 0.25) is 0 Å². The summed E-state index contributed by atoms with van der Waals surface area (Å²) in [4.78, 5) is 31.5. The van der Waals surface area contributed by atoms with Gasteiger partial charge in [-0.1, -0.05) is 23.4 Å². The van der Waals surface area contributed by atoms with Crippen LogP contribution in [0.25, 0.3) is 11.4 Å². The van der Waals surface area contributed by atoms with E-state index in [4.69, 9.17) is 9.26 Å². The number of benzene rings is 1. The molecule has 0 radical (unpaired) electrons. The molecular formula is C20H20N4O4S. The van der Waals surface area contributed by atoms with Gasteiger partial charge >= 0.3 is 0 Å². The molecule has 0 bridgehead atoms. The molecular weight excluding hydrogens is 392 g/mol. The summed E-state index contributed by atoms with van der Waals surface area (Å²) in [5.41, 5.74) is 0.726. The third-order valence-corrected chi connectivity index (χ3v) is 5.66. The summed E-state index contributed by atoms with van der Waals surface area (Å²) < 4.78 is 10.8. The summed E-state index contributed by atoms with van der Waals surface area (Å²) >= 11 is 1.34. The second-order valence-electron chi connectivity index (χ2n) is 6.56. The fraction of sp³-hybridized carbons (Fsp3) is 0.300. The molecule has 0 spiro atoms. The van der Waals surface area contributed by atoms with Crippen molar-refractivity contribution in [2.45, 2.75) is 18.9 Å². The lowest BCUT2D eigenvalue weighted by atomic mass is 10.2. The predicted molar refractivity (Wildman–Crippen MR) is 107 cm³/mol. The van der Waals surface area contributed by atoms with Gasteiger partial charge in [0, 0.05) is 6.54 Å². The quantitative estimate of drug-likeness (QED) is 0.669. The third-order valence-electron chi connectivity index (χ3n) is 4.79. The molecule has 2 amide bonds. The zero-order valence-corrected chi connectivity index (χ0v) is 16.6. The maximum Gasteiger partial charge on any atom is 0.261 e. The lowest BCUT2D eigenvalue weighted by molar-refractivity contribution is -0.131. The molecule has 1 saturated heterocycles. The average Bonchev–Trinajstić information content (AvgIpc) is 3.51. The number of carbonyl (C=O) groups is 2. The van der Waals surface area contributed by atoms with Crippen molar-refractivity contribution in [1.29, 1.82) is 0 Å². The molecule has 1 fully saturated rings. The number of nitrogens with zero attached hydrogens (tertiary/aromatic N) is 3. The van der Waals surface area contributed by atoms with Crippen LogP contribution in [-0.2, 0) is 4.79 Å². The molecule has 1 N–H and O–H groups in total. The van der Waals surface area contributed by atoms with Gasteiger partial charge in [-0.2, -0.15) is 4.98 Å². The van der Waals surface area contributed by atoms with Crippen molar-refractivity contribution in [2.24, 2.45) is 0 Å². The van der Waals surface area contributed by atoms with Gasteiger partial charge in [0.25, 0.3) is 5.91 Å². The van der Waals surface area contributed by atoms with Crippen molar-refractivity contribution in [2.75, 3.05) is 20.2 Å². The van der Waals surface area contributed by atoms with Gasteiger partial charge in [-0.3, -0.25) is 9.59 Å². The van der Waals surface area contributed by atoms with Crippen molar-refractivity contribution >= 4 is 23.2 Å². The molecule has 0 saturated carbocycles. The minimum absolute atomic E-state index is 0.0687. The highest BCUT2D eigenvalue weighted by molar-refractivity contribution is 7.12. The molecule has 2 aromatic heterocycles. The number of hydrogen-bond donors (Lipinski definition) is 1. The van der Waals surface area contributed by atoms with E-state index in [1.54, 1.807) is 24.1 Å². The van der Waals surface area contributed by atoms with E-state index in [0.717, 1.165) is 18.4 Å². The molecule has 4 rings (SSSR count). The molecule has 29 heavy (non-hydrogen) atoms. The van der Waals surface area contributed by atoms with Gasteiger partial charge in [-0.25, -0.2) is 0 Å². The summed E-state index contributed by atoms with van der Waals surface area (Å²) in [6, 6.07) is 10.6. The molecule has 1 aliphatic rings. The van der Waals surface area contributed by atoms with Crippen molar-refractivity contribution < 1.29 is 18.8 Å². The van der Waals surface area contributed by atoms with Gasteiger partial charge in [0.1, 0.15) is 11.8 Å². The van der Waals surface area contributed by atoms with E-state index >= 15 is 0 Å². The summed E-state index contributed by atoms with van der Waals surface area (Å²) in [6.07, 6.45) is 1.57. The number of rotatable bonds is 6. The largest absolute Gasteiger partial charge is 0.496 e. The summed E-state index contributed by atoms with van der Waals surface area (Å²) in [5, 5.41) is 8.57. The average molecular weight is 412 g/mol. The van der Waals surface area contributed by atoms with Gasteiger partial charge in [0.05, 0.1) is 24.1 Å². The van der Waals surface area contributed by atoms with Gasteiger partial charge in [0.15, 0.2) is 0 Å². The number of amides is 2. The van der Waals surface area contributed by atoms with Gasteiger partial charge < -0.3 is 19.5 Å². The van der Waals surface area contributed by atoms with Crippen LogP contribution in [-0.4, -0.2) is 47.1 Å². The molecule has 3 heterocycles. The Morgan fingerprint density at radius 1 is 1.31 bits per heavy atom. The Morgan fingerprint density at radius 2 is 2.17 bits per heavy atom. The SMILES string of the molecule is COc1ccccc1-c1noc([C@H]2CCCN2C(=O)CNC(=O)c2cccs2)n1. The van der Waals surface area contributed by atoms with E-state index in [9.17, 15) is 9.59 Å². The van der Waals surface area contributed by atoms with E-state index in [1.807, 2.05) is 29.6 Å². The Hall–Kier alpha value is -3.20. The molecule has 1 aromatic carbocycles. The number of aromatic nitrogens is 2. The second-order valence-corrected chi connectivity index (χ2v) is 7.51. The number of hydrogen-bond acceptors (Lipinski definition) is 7. The van der Waals surface area contributed by atoms with Crippen LogP contribution in [0.15, 0.2) is 46.3 Å². The molecule has 3 aromatic rings. The minimum Gasteiger partial charge on any atom is -0.496 e. The Kier molecular flexibility index (Phi) is 5.57.